The van der Waals surface area contributed by atoms with Crippen molar-refractivity contribution in [2.45, 2.75) is 0 Å². The summed E-state index contributed by atoms with van der Waals surface area (Å²) in [5.74, 6) is 4.79. The van der Waals surface area contributed by atoms with Gasteiger partial charge in [0.05, 0.1) is 5.56 Å². The molecule has 1 aromatic carbocycles. The van der Waals surface area contributed by atoms with Crippen LogP contribution in [0.15, 0.2) is 22.7 Å². The van der Waals surface area contributed by atoms with Crippen LogP contribution >= 0.6 is 15.9 Å². The summed E-state index contributed by atoms with van der Waals surface area (Å²) in [6, 6.07) is 6.60. The fourth-order valence-electron chi connectivity index (χ4n) is 0.706. The van der Waals surface area contributed by atoms with Crippen LogP contribution in [0.3, 0.4) is 0 Å². The number of rotatable bonds is 0. The van der Waals surface area contributed by atoms with Crippen LogP contribution in [0.1, 0.15) is 5.56 Å². The zero-order chi connectivity index (χ0) is 8.97. The van der Waals surface area contributed by atoms with Crippen molar-refractivity contribution in [1.82, 2.24) is 0 Å². The highest BCUT2D eigenvalue weighted by atomic mass is 79.9. The summed E-state index contributed by atoms with van der Waals surface area (Å²) in [4.78, 5) is 0. The Morgan fingerprint density at radius 3 is 2.75 bits per heavy atom. The van der Waals surface area contributed by atoms with Crippen molar-refractivity contribution in [2.24, 2.45) is 0 Å². The molecule has 0 saturated heterocycles. The van der Waals surface area contributed by atoms with Crippen molar-refractivity contribution < 1.29 is 5.11 Å². The maximum Gasteiger partial charge on any atom is 0.152 e. The van der Waals surface area contributed by atoms with E-state index in [1.54, 1.807) is 18.2 Å². The number of nitriles is 1. The van der Waals surface area contributed by atoms with E-state index in [1.165, 1.54) is 6.07 Å². The molecule has 0 heterocycles. The molecule has 1 rings (SSSR count). The van der Waals surface area contributed by atoms with Crippen molar-refractivity contribution >= 4 is 15.9 Å². The van der Waals surface area contributed by atoms with Crippen molar-refractivity contribution in [1.29, 1.82) is 5.26 Å². The average Bonchev–Trinajstić information content (AvgIpc) is 2.03. The van der Waals surface area contributed by atoms with E-state index in [9.17, 15) is 5.11 Å². The molecule has 0 aliphatic rings. The quantitative estimate of drug-likeness (QED) is 0.682. The Bertz CT molecular complexity index is 395. The minimum Gasteiger partial charge on any atom is -0.507 e. The van der Waals surface area contributed by atoms with Crippen molar-refractivity contribution in [3.63, 3.8) is 0 Å². The number of aromatic hydroxyl groups is 1. The third kappa shape index (κ3) is 2.02. The van der Waals surface area contributed by atoms with Crippen molar-refractivity contribution in [3.05, 3.63) is 28.2 Å². The van der Waals surface area contributed by atoms with Crippen LogP contribution in [0.4, 0.5) is 0 Å². The van der Waals surface area contributed by atoms with Gasteiger partial charge in [-0.1, -0.05) is 15.9 Å². The standard InChI is InChI=1S/C9H4BrNO/c10-8-4-3-7(2-1-5-11)9(12)6-8/h3-4,6,12H. The maximum absolute atomic E-state index is 9.28. The summed E-state index contributed by atoms with van der Waals surface area (Å²) in [5, 5.41) is 17.4. The summed E-state index contributed by atoms with van der Waals surface area (Å²) in [6.07, 6.45) is 0. The highest BCUT2D eigenvalue weighted by Gasteiger charge is 1.96. The van der Waals surface area contributed by atoms with E-state index in [-0.39, 0.29) is 5.75 Å². The Morgan fingerprint density at radius 2 is 2.17 bits per heavy atom. The summed E-state index contributed by atoms with van der Waals surface area (Å²) < 4.78 is 0.780. The molecule has 12 heavy (non-hydrogen) atoms. The Kier molecular flexibility index (Phi) is 2.74. The predicted octanol–water partition coefficient (Wildman–Crippen LogP) is 2.03. The number of halogens is 1. The molecule has 58 valence electrons. The molecule has 2 nitrogen and oxygen atoms in total. The first-order valence-electron chi connectivity index (χ1n) is 3.12. The van der Waals surface area contributed by atoms with Crippen LogP contribution in [0.5, 0.6) is 5.75 Å². The number of benzene rings is 1. The molecule has 0 radical (unpaired) electrons. The number of phenolic OH excluding ortho intramolecular Hbond substituents is 1. The molecular weight excluding hydrogens is 218 g/mol. The van der Waals surface area contributed by atoms with E-state index in [4.69, 9.17) is 5.26 Å². The van der Waals surface area contributed by atoms with Crippen LogP contribution in [-0.2, 0) is 0 Å². The number of phenols is 1. The predicted molar refractivity (Wildman–Crippen MR) is 48.3 cm³/mol. The van der Waals surface area contributed by atoms with Crippen molar-refractivity contribution in [2.75, 3.05) is 0 Å². The van der Waals surface area contributed by atoms with Crippen LogP contribution in [0, 0.1) is 23.2 Å². The van der Waals surface area contributed by atoms with Gasteiger partial charge in [0, 0.05) is 10.4 Å². The fraction of sp³-hybridized carbons (Fsp3) is 0. The number of hydrogen-bond donors (Lipinski definition) is 1. The lowest BCUT2D eigenvalue weighted by atomic mass is 10.2. The van der Waals surface area contributed by atoms with Gasteiger partial charge in [-0.25, -0.2) is 0 Å². The van der Waals surface area contributed by atoms with Gasteiger partial charge in [0.2, 0.25) is 0 Å². The van der Waals surface area contributed by atoms with Gasteiger partial charge in [-0.3, -0.25) is 0 Å². The van der Waals surface area contributed by atoms with Crippen LogP contribution in [0.25, 0.3) is 0 Å². The van der Waals surface area contributed by atoms with Gasteiger partial charge in [0.15, 0.2) is 6.07 Å². The molecule has 0 spiro atoms. The molecule has 0 aliphatic carbocycles. The van der Waals surface area contributed by atoms with Gasteiger partial charge in [-0.15, -0.1) is 0 Å². The molecule has 1 N–H and O–H groups in total. The Balaban J connectivity index is 3.12. The van der Waals surface area contributed by atoms with Gasteiger partial charge in [-0.2, -0.15) is 5.26 Å². The third-order valence-corrected chi connectivity index (χ3v) is 1.71. The van der Waals surface area contributed by atoms with Gasteiger partial charge >= 0.3 is 0 Å². The van der Waals surface area contributed by atoms with E-state index in [0.29, 0.717) is 5.56 Å². The van der Waals surface area contributed by atoms with Crippen LogP contribution < -0.4 is 0 Å². The average molecular weight is 222 g/mol. The fourth-order valence-corrected chi connectivity index (χ4v) is 1.05. The number of nitrogens with zero attached hydrogens (tertiary/aromatic N) is 1. The lowest BCUT2D eigenvalue weighted by Gasteiger charge is -1.95. The smallest absolute Gasteiger partial charge is 0.152 e. The molecule has 3 heteroatoms. The second-order valence-corrected chi connectivity index (χ2v) is 2.94. The molecule has 0 unspecified atom stereocenters. The van der Waals surface area contributed by atoms with Gasteiger partial charge in [0.1, 0.15) is 5.75 Å². The summed E-state index contributed by atoms with van der Waals surface area (Å²) in [5.41, 5.74) is 0.458. The third-order valence-electron chi connectivity index (χ3n) is 1.21. The van der Waals surface area contributed by atoms with Crippen LogP contribution in [0.2, 0.25) is 0 Å². The second-order valence-electron chi connectivity index (χ2n) is 2.02. The SMILES string of the molecule is N#CC#Cc1ccc(Br)cc1O. The van der Waals surface area contributed by atoms with E-state index >= 15 is 0 Å². The highest BCUT2D eigenvalue weighted by Crippen LogP contribution is 2.20. The monoisotopic (exact) mass is 221 g/mol. The first-order valence-corrected chi connectivity index (χ1v) is 3.92. The normalized spacial score (nSPS) is 8.00. The molecule has 0 aromatic heterocycles. The molecule has 0 amide bonds. The van der Waals surface area contributed by atoms with Crippen LogP contribution in [-0.4, -0.2) is 5.11 Å². The zero-order valence-electron chi connectivity index (χ0n) is 6.00. The Hall–Kier alpha value is -1.45. The zero-order valence-corrected chi connectivity index (χ0v) is 7.59. The van der Waals surface area contributed by atoms with Crippen molar-refractivity contribution in [3.8, 4) is 23.7 Å². The second kappa shape index (κ2) is 3.80. The molecular formula is C9H4BrNO. The van der Waals surface area contributed by atoms with Gasteiger partial charge in [-0.05, 0) is 24.1 Å². The van der Waals surface area contributed by atoms with E-state index in [2.05, 4.69) is 27.8 Å². The minimum atomic E-state index is 0.0760. The van der Waals surface area contributed by atoms with Gasteiger partial charge in [0.25, 0.3) is 0 Å². The minimum absolute atomic E-state index is 0.0760. The number of hydrogen-bond acceptors (Lipinski definition) is 2. The first kappa shape index (κ1) is 8.64. The lowest BCUT2D eigenvalue weighted by molar-refractivity contribution is 0.473. The maximum atomic E-state index is 9.28. The Morgan fingerprint density at radius 1 is 1.42 bits per heavy atom. The van der Waals surface area contributed by atoms with E-state index in [1.807, 2.05) is 0 Å². The molecule has 0 fully saturated rings. The lowest BCUT2D eigenvalue weighted by Crippen LogP contribution is -1.75. The largest absolute Gasteiger partial charge is 0.507 e. The summed E-state index contributed by atoms with van der Waals surface area (Å²) >= 11 is 3.19. The van der Waals surface area contributed by atoms with Gasteiger partial charge < -0.3 is 5.11 Å². The molecule has 0 aliphatic heterocycles. The molecule has 0 saturated carbocycles. The summed E-state index contributed by atoms with van der Waals surface area (Å²) in [6.45, 7) is 0. The van der Waals surface area contributed by atoms with E-state index in [0.717, 1.165) is 4.47 Å². The van der Waals surface area contributed by atoms with E-state index < -0.39 is 0 Å². The molecule has 0 atom stereocenters. The molecule has 0 bridgehead atoms. The topological polar surface area (TPSA) is 44.0 Å². The first-order chi connectivity index (χ1) is 5.74. The molecule has 1 aromatic rings. The Labute approximate surface area is 78.6 Å². The summed E-state index contributed by atoms with van der Waals surface area (Å²) in [7, 11) is 0. The highest BCUT2D eigenvalue weighted by molar-refractivity contribution is 9.10.